The summed E-state index contributed by atoms with van der Waals surface area (Å²) in [5, 5.41) is 14.7. The van der Waals surface area contributed by atoms with Crippen molar-refractivity contribution in [2.75, 3.05) is 38.1 Å². The van der Waals surface area contributed by atoms with Gasteiger partial charge in [-0.2, -0.15) is 10.2 Å². The maximum Gasteiger partial charge on any atom is 0.260 e. The van der Waals surface area contributed by atoms with Crippen LogP contribution in [0, 0.1) is 18.8 Å². The molecular weight excluding hydrogens is 504 g/mol. The Balaban J connectivity index is 1.05. The maximum absolute atomic E-state index is 13.3. The molecular formula is C26H28N8O3S. The second-order valence-electron chi connectivity index (χ2n) is 10.3. The zero-order chi connectivity index (χ0) is 25.8. The minimum atomic E-state index is -0.309. The van der Waals surface area contributed by atoms with Crippen molar-refractivity contribution in [3.63, 3.8) is 0 Å². The van der Waals surface area contributed by atoms with Crippen molar-refractivity contribution in [2.24, 2.45) is 11.8 Å². The molecule has 1 saturated heterocycles. The van der Waals surface area contributed by atoms with E-state index >= 15 is 0 Å². The van der Waals surface area contributed by atoms with Crippen LogP contribution >= 0.6 is 11.3 Å². The quantitative estimate of drug-likeness (QED) is 0.376. The van der Waals surface area contributed by atoms with Crippen molar-refractivity contribution < 1.29 is 14.3 Å². The molecule has 0 spiro atoms. The first kappa shape index (κ1) is 23.4. The van der Waals surface area contributed by atoms with Crippen LogP contribution in [0.15, 0.2) is 30.9 Å². The number of aryl methyl sites for hydroxylation is 2. The van der Waals surface area contributed by atoms with Gasteiger partial charge in [-0.1, -0.05) is 0 Å². The van der Waals surface area contributed by atoms with E-state index in [-0.39, 0.29) is 11.8 Å². The molecule has 4 aromatic rings. The van der Waals surface area contributed by atoms with Crippen LogP contribution in [0.25, 0.3) is 15.3 Å². The van der Waals surface area contributed by atoms with Crippen molar-refractivity contribution >= 4 is 33.7 Å². The Morgan fingerprint density at radius 3 is 2.89 bits per heavy atom. The summed E-state index contributed by atoms with van der Waals surface area (Å²) < 4.78 is 9.39. The third-order valence-electron chi connectivity index (χ3n) is 7.62. The molecule has 1 saturated carbocycles. The van der Waals surface area contributed by atoms with E-state index in [1.54, 1.807) is 36.1 Å². The van der Waals surface area contributed by atoms with Gasteiger partial charge in [-0.3, -0.25) is 14.6 Å². The molecule has 38 heavy (non-hydrogen) atoms. The number of carbonyl (C=O) groups excluding carboxylic acids is 2. The number of pyridine rings is 1. The molecule has 6 heterocycles. The van der Waals surface area contributed by atoms with E-state index in [0.29, 0.717) is 40.5 Å². The van der Waals surface area contributed by atoms with Crippen LogP contribution in [0.3, 0.4) is 0 Å². The minimum Gasteiger partial charge on any atom is -0.477 e. The highest BCUT2D eigenvalue weighted by Gasteiger charge is 2.44. The highest BCUT2D eigenvalue weighted by atomic mass is 32.1. The molecule has 11 nitrogen and oxygen atoms in total. The van der Waals surface area contributed by atoms with Gasteiger partial charge in [0.05, 0.1) is 51.9 Å². The summed E-state index contributed by atoms with van der Waals surface area (Å²) in [7, 11) is 0. The SMILES string of the molecule is Cc1ncc(C(=O)NCCN2CC3CC3C2)cc1NC(=O)c1cnn2cc(-c3cnn4c3OCCC4)sc12. The number of nitrogens with zero attached hydrogens (tertiary/aromatic N) is 6. The van der Waals surface area contributed by atoms with E-state index in [1.165, 1.54) is 17.8 Å². The molecule has 0 aromatic carbocycles. The first-order chi connectivity index (χ1) is 18.5. The molecule has 2 amide bonds. The molecule has 1 aliphatic carbocycles. The number of anilines is 1. The molecule has 7 rings (SSSR count). The van der Waals surface area contributed by atoms with Gasteiger partial charge in [-0.25, -0.2) is 9.20 Å². The summed E-state index contributed by atoms with van der Waals surface area (Å²) in [4.78, 5) is 34.4. The van der Waals surface area contributed by atoms with E-state index in [4.69, 9.17) is 4.74 Å². The highest BCUT2D eigenvalue weighted by molar-refractivity contribution is 7.21. The van der Waals surface area contributed by atoms with Gasteiger partial charge in [-0.15, -0.1) is 11.3 Å². The Kier molecular flexibility index (Phi) is 5.66. The second-order valence-corrected chi connectivity index (χ2v) is 11.3. The number of carbonyl (C=O) groups is 2. The van der Waals surface area contributed by atoms with Crippen LogP contribution < -0.4 is 15.4 Å². The number of amides is 2. The number of rotatable bonds is 7. The normalized spacial score (nSPS) is 20.1. The number of nitrogens with one attached hydrogen (secondary N) is 2. The van der Waals surface area contributed by atoms with Crippen LogP contribution in [0.5, 0.6) is 5.88 Å². The number of likely N-dealkylation sites (tertiary alicyclic amines) is 1. The van der Waals surface area contributed by atoms with Crippen LogP contribution in [0.1, 0.15) is 39.3 Å². The average molecular weight is 533 g/mol. The van der Waals surface area contributed by atoms with E-state index < -0.39 is 0 Å². The topological polar surface area (TPSA) is 119 Å². The van der Waals surface area contributed by atoms with Crippen LogP contribution in [-0.2, 0) is 6.54 Å². The van der Waals surface area contributed by atoms with Crippen molar-refractivity contribution in [1.29, 1.82) is 0 Å². The predicted molar refractivity (Wildman–Crippen MR) is 142 cm³/mol. The number of thiazole rings is 1. The van der Waals surface area contributed by atoms with Gasteiger partial charge < -0.3 is 20.3 Å². The Hall–Kier alpha value is -3.77. The Morgan fingerprint density at radius 1 is 1.16 bits per heavy atom. The van der Waals surface area contributed by atoms with Gasteiger partial charge >= 0.3 is 0 Å². The molecule has 0 radical (unpaired) electrons. The van der Waals surface area contributed by atoms with Gasteiger partial charge in [0.2, 0.25) is 5.88 Å². The lowest BCUT2D eigenvalue weighted by atomic mass is 10.2. The van der Waals surface area contributed by atoms with Crippen molar-refractivity contribution in [3.05, 3.63) is 47.7 Å². The van der Waals surface area contributed by atoms with Gasteiger partial charge in [0.15, 0.2) is 0 Å². The molecule has 12 heteroatoms. The molecule has 0 bridgehead atoms. The summed E-state index contributed by atoms with van der Waals surface area (Å²) in [5.41, 5.74) is 2.88. The van der Waals surface area contributed by atoms with Crippen LogP contribution in [-0.4, -0.2) is 73.9 Å². The van der Waals surface area contributed by atoms with E-state index in [2.05, 4.69) is 30.7 Å². The average Bonchev–Trinajstić information content (AvgIpc) is 3.35. The zero-order valence-electron chi connectivity index (χ0n) is 21.0. The van der Waals surface area contributed by atoms with Gasteiger partial charge in [-0.05, 0) is 31.2 Å². The summed E-state index contributed by atoms with van der Waals surface area (Å²) in [5.74, 6) is 2.00. The lowest BCUT2D eigenvalue weighted by Gasteiger charge is -2.17. The summed E-state index contributed by atoms with van der Waals surface area (Å²) in [6.07, 6.45) is 9.08. The van der Waals surface area contributed by atoms with Crippen LogP contribution in [0.4, 0.5) is 5.69 Å². The number of hydrogen-bond acceptors (Lipinski definition) is 8. The highest BCUT2D eigenvalue weighted by Crippen LogP contribution is 2.44. The third kappa shape index (κ3) is 4.23. The predicted octanol–water partition coefficient (Wildman–Crippen LogP) is 2.68. The lowest BCUT2D eigenvalue weighted by Crippen LogP contribution is -2.34. The third-order valence-corrected chi connectivity index (χ3v) is 8.76. The second kappa shape index (κ2) is 9.21. The Bertz CT molecular complexity index is 1550. The molecule has 2 atom stereocenters. The maximum atomic E-state index is 13.3. The standard InChI is InChI=1S/C26H28N8O3S/c1-15-21(8-16(9-28-15)23(35)27-3-5-32-12-17-7-18(17)13-32)31-24(36)20-11-30-34-14-22(38-26(20)34)19-10-29-33-4-2-6-37-25(19)33/h8-11,14,17-18H,2-7,12-13H2,1H3,(H,27,35)(H,31,36). The first-order valence-corrected chi connectivity index (χ1v) is 13.8. The smallest absolute Gasteiger partial charge is 0.260 e. The van der Waals surface area contributed by atoms with E-state index in [0.717, 1.165) is 60.8 Å². The number of ether oxygens (including phenoxy) is 1. The molecule has 196 valence electrons. The fourth-order valence-corrected chi connectivity index (χ4v) is 6.44. The molecule has 2 fully saturated rings. The molecule has 2 N–H and O–H groups in total. The molecule has 2 aliphatic heterocycles. The number of hydrogen-bond donors (Lipinski definition) is 2. The summed E-state index contributed by atoms with van der Waals surface area (Å²) in [6.45, 7) is 7.04. The first-order valence-electron chi connectivity index (χ1n) is 13.0. The minimum absolute atomic E-state index is 0.195. The number of fused-ring (bicyclic) bond motifs is 3. The van der Waals surface area contributed by atoms with E-state index in [1.807, 2.05) is 10.9 Å². The largest absolute Gasteiger partial charge is 0.477 e. The van der Waals surface area contributed by atoms with Crippen LogP contribution in [0.2, 0.25) is 0 Å². The Labute approximate surface area is 222 Å². The lowest BCUT2D eigenvalue weighted by molar-refractivity contribution is 0.0947. The molecule has 3 aliphatic rings. The fourth-order valence-electron chi connectivity index (χ4n) is 5.39. The zero-order valence-corrected chi connectivity index (χ0v) is 21.8. The van der Waals surface area contributed by atoms with Gasteiger partial charge in [0.1, 0.15) is 4.83 Å². The van der Waals surface area contributed by atoms with Crippen molar-refractivity contribution in [1.82, 2.24) is 34.6 Å². The molecule has 4 aromatic heterocycles. The number of piperidine rings is 1. The summed E-state index contributed by atoms with van der Waals surface area (Å²) in [6, 6.07) is 1.68. The summed E-state index contributed by atoms with van der Waals surface area (Å²) >= 11 is 1.46. The van der Waals surface area contributed by atoms with Crippen molar-refractivity contribution in [3.8, 4) is 16.3 Å². The fraction of sp³-hybridized carbons (Fsp3) is 0.423. The van der Waals surface area contributed by atoms with Gasteiger partial charge in [0.25, 0.3) is 11.8 Å². The monoisotopic (exact) mass is 532 g/mol. The number of aromatic nitrogens is 5. The molecule has 2 unspecified atom stereocenters. The van der Waals surface area contributed by atoms with E-state index in [9.17, 15) is 9.59 Å². The van der Waals surface area contributed by atoms with Crippen molar-refractivity contribution in [2.45, 2.75) is 26.3 Å². The Morgan fingerprint density at radius 2 is 2.03 bits per heavy atom. The van der Waals surface area contributed by atoms with Gasteiger partial charge in [0, 0.05) is 51.5 Å².